The maximum atomic E-state index is 5.46. The van der Waals surface area contributed by atoms with Crippen molar-refractivity contribution in [2.45, 2.75) is 6.92 Å². The van der Waals surface area contributed by atoms with Crippen LogP contribution in [-0.2, 0) is 0 Å². The Hall–Kier alpha value is -2.59. The van der Waals surface area contributed by atoms with Gasteiger partial charge in [-0.2, -0.15) is 0 Å². The van der Waals surface area contributed by atoms with Gasteiger partial charge >= 0.3 is 0 Å². The summed E-state index contributed by atoms with van der Waals surface area (Å²) in [4.78, 5) is 6.42. The van der Waals surface area contributed by atoms with Crippen molar-refractivity contribution in [2.75, 3.05) is 16.9 Å². The van der Waals surface area contributed by atoms with Gasteiger partial charge in [0.15, 0.2) is 0 Å². The first-order valence-electron chi connectivity index (χ1n) is 7.01. The third-order valence-corrected chi connectivity index (χ3v) is 3.58. The fourth-order valence-corrected chi connectivity index (χ4v) is 2.60. The molecule has 0 aliphatic heterocycles. The van der Waals surface area contributed by atoms with Crippen LogP contribution >= 0.6 is 0 Å². The largest absolute Gasteiger partial charge is 0.341 e. The minimum atomic E-state index is 0.659. The molecule has 0 unspecified atom stereocenters. The maximum absolute atomic E-state index is 5.46. The molecule has 2 aromatic carbocycles. The SMILES string of the molecule is CCN(c1ccnc(NN)c1)c1cccc2ccccc12. The summed E-state index contributed by atoms with van der Waals surface area (Å²) in [7, 11) is 0. The number of nitrogen functional groups attached to an aromatic ring is 1. The molecule has 0 atom stereocenters. The van der Waals surface area contributed by atoms with Crippen molar-refractivity contribution in [1.82, 2.24) is 4.98 Å². The smallest absolute Gasteiger partial charge is 0.141 e. The second kappa shape index (κ2) is 5.81. The average Bonchev–Trinajstić information content (AvgIpc) is 2.56. The summed E-state index contributed by atoms with van der Waals surface area (Å²) in [6, 6.07) is 18.7. The van der Waals surface area contributed by atoms with Crippen LogP contribution in [0, 0.1) is 0 Å². The van der Waals surface area contributed by atoms with E-state index in [1.807, 2.05) is 12.1 Å². The summed E-state index contributed by atoms with van der Waals surface area (Å²) in [5.74, 6) is 6.12. The number of fused-ring (bicyclic) bond motifs is 1. The standard InChI is InChI=1S/C17H18N4/c1-2-21(14-10-11-19-17(12-14)20-18)16-9-5-7-13-6-3-4-8-15(13)16/h3-12H,2,18H2,1H3,(H,19,20). The Labute approximate surface area is 124 Å². The Balaban J connectivity index is 2.13. The number of benzene rings is 2. The number of aromatic nitrogens is 1. The highest BCUT2D eigenvalue weighted by molar-refractivity contribution is 5.96. The number of hydrazine groups is 1. The molecule has 106 valence electrons. The second-order valence-electron chi connectivity index (χ2n) is 4.79. The first-order valence-corrected chi connectivity index (χ1v) is 7.01. The molecule has 3 rings (SSSR count). The summed E-state index contributed by atoms with van der Waals surface area (Å²) < 4.78 is 0. The predicted octanol–water partition coefficient (Wildman–Crippen LogP) is 3.68. The van der Waals surface area contributed by atoms with Crippen molar-refractivity contribution in [3.05, 3.63) is 60.8 Å². The predicted molar refractivity (Wildman–Crippen MR) is 88.7 cm³/mol. The number of hydrogen-bond donors (Lipinski definition) is 2. The zero-order valence-corrected chi connectivity index (χ0v) is 12.0. The van der Waals surface area contributed by atoms with Crippen LogP contribution in [0.3, 0.4) is 0 Å². The molecular formula is C17H18N4. The van der Waals surface area contributed by atoms with Crippen molar-refractivity contribution >= 4 is 28.0 Å². The van der Waals surface area contributed by atoms with Crippen molar-refractivity contribution in [3.8, 4) is 0 Å². The van der Waals surface area contributed by atoms with Crippen molar-refractivity contribution in [1.29, 1.82) is 0 Å². The van der Waals surface area contributed by atoms with Gasteiger partial charge in [0, 0.05) is 35.6 Å². The molecule has 0 aliphatic carbocycles. The highest BCUT2D eigenvalue weighted by atomic mass is 15.3. The summed E-state index contributed by atoms with van der Waals surface area (Å²) in [6.45, 7) is 3.00. The number of nitrogens with two attached hydrogens (primary N) is 1. The van der Waals surface area contributed by atoms with Gasteiger partial charge in [-0.3, -0.25) is 0 Å². The molecule has 3 aromatic rings. The van der Waals surface area contributed by atoms with Gasteiger partial charge in [-0.05, 0) is 24.4 Å². The lowest BCUT2D eigenvalue weighted by atomic mass is 10.1. The minimum Gasteiger partial charge on any atom is -0.341 e. The number of nitrogens with zero attached hydrogens (tertiary/aromatic N) is 2. The Morgan fingerprint density at radius 3 is 2.71 bits per heavy atom. The Morgan fingerprint density at radius 2 is 1.90 bits per heavy atom. The van der Waals surface area contributed by atoms with E-state index in [-0.39, 0.29) is 0 Å². The number of anilines is 3. The number of nitrogens with one attached hydrogen (secondary N) is 1. The first kappa shape index (κ1) is 13.4. The van der Waals surface area contributed by atoms with E-state index in [0.717, 1.165) is 12.2 Å². The van der Waals surface area contributed by atoms with Crippen LogP contribution in [0.1, 0.15) is 6.92 Å². The van der Waals surface area contributed by atoms with Gasteiger partial charge in [0.05, 0.1) is 0 Å². The van der Waals surface area contributed by atoms with Gasteiger partial charge in [0.1, 0.15) is 5.82 Å². The topological polar surface area (TPSA) is 54.2 Å². The Morgan fingerprint density at radius 1 is 1.10 bits per heavy atom. The van der Waals surface area contributed by atoms with E-state index >= 15 is 0 Å². The van der Waals surface area contributed by atoms with E-state index in [9.17, 15) is 0 Å². The number of pyridine rings is 1. The highest BCUT2D eigenvalue weighted by Crippen LogP contribution is 2.32. The lowest BCUT2D eigenvalue weighted by molar-refractivity contribution is 1.02. The van der Waals surface area contributed by atoms with Gasteiger partial charge in [-0.1, -0.05) is 36.4 Å². The first-order chi connectivity index (χ1) is 10.3. The van der Waals surface area contributed by atoms with Crippen LogP contribution < -0.4 is 16.2 Å². The van der Waals surface area contributed by atoms with E-state index in [0.29, 0.717) is 5.82 Å². The van der Waals surface area contributed by atoms with Crippen molar-refractivity contribution < 1.29 is 0 Å². The van der Waals surface area contributed by atoms with Crippen molar-refractivity contribution in [3.63, 3.8) is 0 Å². The van der Waals surface area contributed by atoms with Crippen LogP contribution in [0.25, 0.3) is 10.8 Å². The summed E-state index contributed by atoms with van der Waals surface area (Å²) in [5.41, 5.74) is 4.85. The lowest BCUT2D eigenvalue weighted by Crippen LogP contribution is -2.17. The van der Waals surface area contributed by atoms with E-state index in [4.69, 9.17) is 5.84 Å². The lowest BCUT2D eigenvalue weighted by Gasteiger charge is -2.25. The third-order valence-electron chi connectivity index (χ3n) is 3.58. The zero-order valence-electron chi connectivity index (χ0n) is 12.0. The summed E-state index contributed by atoms with van der Waals surface area (Å²) in [5, 5.41) is 2.47. The minimum absolute atomic E-state index is 0.659. The van der Waals surface area contributed by atoms with E-state index < -0.39 is 0 Å². The zero-order chi connectivity index (χ0) is 14.7. The van der Waals surface area contributed by atoms with Gasteiger partial charge in [0.25, 0.3) is 0 Å². The molecular weight excluding hydrogens is 260 g/mol. The van der Waals surface area contributed by atoms with Crippen LogP contribution in [-0.4, -0.2) is 11.5 Å². The molecule has 0 amide bonds. The fourth-order valence-electron chi connectivity index (χ4n) is 2.60. The molecule has 1 heterocycles. The van der Waals surface area contributed by atoms with Gasteiger partial charge in [-0.15, -0.1) is 0 Å². The highest BCUT2D eigenvalue weighted by Gasteiger charge is 2.11. The molecule has 0 saturated carbocycles. The van der Waals surface area contributed by atoms with Crippen LogP contribution in [0.2, 0.25) is 0 Å². The van der Waals surface area contributed by atoms with E-state index in [1.165, 1.54) is 16.5 Å². The molecule has 4 nitrogen and oxygen atoms in total. The molecule has 0 bridgehead atoms. The Kier molecular flexibility index (Phi) is 3.71. The molecule has 0 spiro atoms. The third kappa shape index (κ3) is 2.53. The molecule has 0 fully saturated rings. The van der Waals surface area contributed by atoms with Crippen molar-refractivity contribution in [2.24, 2.45) is 5.84 Å². The number of rotatable bonds is 4. The van der Waals surface area contributed by atoms with Crippen LogP contribution in [0.5, 0.6) is 0 Å². The fraction of sp³-hybridized carbons (Fsp3) is 0.118. The second-order valence-corrected chi connectivity index (χ2v) is 4.79. The molecule has 21 heavy (non-hydrogen) atoms. The molecule has 4 heteroatoms. The van der Waals surface area contributed by atoms with E-state index in [2.05, 4.69) is 64.7 Å². The summed E-state index contributed by atoms with van der Waals surface area (Å²) >= 11 is 0. The summed E-state index contributed by atoms with van der Waals surface area (Å²) in [6.07, 6.45) is 1.76. The van der Waals surface area contributed by atoms with E-state index in [1.54, 1.807) is 6.20 Å². The Bertz CT molecular complexity index is 749. The monoisotopic (exact) mass is 278 g/mol. The van der Waals surface area contributed by atoms with Crippen LogP contribution in [0.15, 0.2) is 60.8 Å². The molecule has 0 radical (unpaired) electrons. The van der Waals surface area contributed by atoms with Gasteiger partial charge in [-0.25, -0.2) is 10.8 Å². The molecule has 1 aromatic heterocycles. The maximum Gasteiger partial charge on any atom is 0.141 e. The molecule has 0 aliphatic rings. The van der Waals surface area contributed by atoms with Gasteiger partial charge < -0.3 is 10.3 Å². The van der Waals surface area contributed by atoms with Gasteiger partial charge in [0.2, 0.25) is 0 Å². The van der Waals surface area contributed by atoms with Crippen LogP contribution in [0.4, 0.5) is 17.2 Å². The average molecular weight is 278 g/mol. The number of hydrogen-bond acceptors (Lipinski definition) is 4. The molecule has 0 saturated heterocycles. The molecule has 3 N–H and O–H groups in total. The quantitative estimate of drug-likeness (QED) is 0.564. The normalized spacial score (nSPS) is 10.6.